The Morgan fingerprint density at radius 2 is 1.58 bits per heavy atom. The zero-order chi connectivity index (χ0) is 9.15. The van der Waals surface area contributed by atoms with Gasteiger partial charge in [-0.1, -0.05) is 19.4 Å². The molecule has 12 heavy (non-hydrogen) atoms. The number of carbonyl (C=O) groups is 1. The number of Topliss-reactive ketones (excluding diaryl/α,β-unsaturated/α-hetero) is 1. The van der Waals surface area contributed by atoms with E-state index >= 15 is 0 Å². The summed E-state index contributed by atoms with van der Waals surface area (Å²) in [6, 6.07) is 0. The Morgan fingerprint density at radius 3 is 2.08 bits per heavy atom. The molecule has 0 atom stereocenters. The van der Waals surface area contributed by atoms with E-state index in [9.17, 15) is 4.79 Å². The van der Waals surface area contributed by atoms with Crippen LogP contribution in [0.3, 0.4) is 0 Å². The van der Waals surface area contributed by atoms with Crippen LogP contribution in [0, 0.1) is 10.8 Å². The molecule has 0 aromatic heterocycles. The van der Waals surface area contributed by atoms with Crippen LogP contribution >= 0.6 is 0 Å². The van der Waals surface area contributed by atoms with Crippen LogP contribution in [-0.4, -0.2) is 5.78 Å². The number of hydrogen-bond donors (Lipinski definition) is 0. The van der Waals surface area contributed by atoms with Crippen molar-refractivity contribution in [2.45, 2.75) is 40.5 Å². The summed E-state index contributed by atoms with van der Waals surface area (Å²) in [4.78, 5) is 11.8. The molecule has 1 heteroatoms. The molecule has 1 fully saturated rings. The maximum atomic E-state index is 11.8. The molecule has 0 amide bonds. The van der Waals surface area contributed by atoms with Gasteiger partial charge in [-0.3, -0.25) is 4.79 Å². The predicted molar refractivity (Wildman–Crippen MR) is 48.8 cm³/mol. The zero-order valence-corrected chi connectivity index (χ0v) is 8.32. The summed E-state index contributed by atoms with van der Waals surface area (Å²) in [5.41, 5.74) is 2.71. The molecule has 3 aliphatic rings. The summed E-state index contributed by atoms with van der Waals surface area (Å²) in [5, 5.41) is 0. The van der Waals surface area contributed by atoms with Crippen molar-refractivity contribution in [3.8, 4) is 0 Å². The minimum atomic E-state index is -0.00164. The highest BCUT2D eigenvalue weighted by molar-refractivity contribution is 6.02. The van der Waals surface area contributed by atoms with Crippen LogP contribution in [0.15, 0.2) is 11.1 Å². The number of ketones is 1. The van der Waals surface area contributed by atoms with Crippen molar-refractivity contribution in [1.82, 2.24) is 0 Å². The Balaban J connectivity index is 2.53. The zero-order valence-electron chi connectivity index (χ0n) is 8.32. The molecule has 3 aliphatic carbocycles. The first kappa shape index (κ1) is 8.03. The Morgan fingerprint density at radius 1 is 1.08 bits per heavy atom. The second kappa shape index (κ2) is 1.84. The molecular formula is C11H16O. The summed E-state index contributed by atoms with van der Waals surface area (Å²) in [5.74, 6) is 0.392. The van der Waals surface area contributed by atoms with Crippen molar-refractivity contribution in [2.75, 3.05) is 0 Å². The van der Waals surface area contributed by atoms with Crippen LogP contribution in [0.25, 0.3) is 0 Å². The second-order valence-electron chi connectivity index (χ2n) is 5.05. The normalized spacial score (nSPS) is 46.2. The first-order chi connectivity index (χ1) is 5.39. The average Bonchev–Trinajstić information content (AvgIpc) is 1.94. The van der Waals surface area contributed by atoms with Crippen molar-refractivity contribution < 1.29 is 4.79 Å². The molecule has 0 aliphatic heterocycles. The Hall–Kier alpha value is -0.590. The van der Waals surface area contributed by atoms with Gasteiger partial charge in [-0.05, 0) is 37.7 Å². The maximum absolute atomic E-state index is 11.8. The lowest BCUT2D eigenvalue weighted by atomic mass is 9.45. The van der Waals surface area contributed by atoms with E-state index in [-0.39, 0.29) is 5.41 Å². The molecule has 0 heterocycles. The summed E-state index contributed by atoms with van der Waals surface area (Å²) < 4.78 is 0. The molecule has 0 spiro atoms. The Kier molecular flexibility index (Phi) is 1.23. The van der Waals surface area contributed by atoms with Gasteiger partial charge in [-0.25, -0.2) is 0 Å². The van der Waals surface area contributed by atoms with E-state index in [0.29, 0.717) is 11.2 Å². The molecule has 0 aromatic rings. The molecule has 0 N–H and O–H groups in total. The third-order valence-corrected chi connectivity index (χ3v) is 3.92. The van der Waals surface area contributed by atoms with Gasteiger partial charge < -0.3 is 0 Å². The van der Waals surface area contributed by atoms with E-state index in [0.717, 1.165) is 18.4 Å². The second-order valence-corrected chi connectivity index (χ2v) is 5.05. The topological polar surface area (TPSA) is 17.1 Å². The predicted octanol–water partition coefficient (Wildman–Crippen LogP) is 2.71. The molecule has 66 valence electrons. The lowest BCUT2D eigenvalue weighted by molar-refractivity contribution is -0.138. The summed E-state index contributed by atoms with van der Waals surface area (Å²) >= 11 is 0. The Bertz CT molecular complexity index is 290. The molecular weight excluding hydrogens is 148 g/mol. The largest absolute Gasteiger partial charge is 0.294 e. The van der Waals surface area contributed by atoms with Gasteiger partial charge in [-0.2, -0.15) is 0 Å². The van der Waals surface area contributed by atoms with Gasteiger partial charge in [0.1, 0.15) is 0 Å². The lowest BCUT2D eigenvalue weighted by Crippen LogP contribution is -2.53. The molecule has 1 nitrogen and oxygen atoms in total. The van der Waals surface area contributed by atoms with Crippen molar-refractivity contribution >= 4 is 5.78 Å². The fourth-order valence-corrected chi connectivity index (χ4v) is 3.17. The van der Waals surface area contributed by atoms with Crippen LogP contribution in [0.4, 0.5) is 0 Å². The number of carbonyl (C=O) groups excluding carboxylic acids is 1. The highest BCUT2D eigenvalue weighted by Gasteiger charge is 2.58. The van der Waals surface area contributed by atoms with E-state index in [1.165, 1.54) is 5.57 Å². The first-order valence-electron chi connectivity index (χ1n) is 4.62. The third kappa shape index (κ3) is 0.675. The minimum absolute atomic E-state index is 0.00164. The van der Waals surface area contributed by atoms with E-state index in [1.54, 1.807) is 0 Å². The van der Waals surface area contributed by atoms with Crippen LogP contribution in [0.5, 0.6) is 0 Å². The fourth-order valence-electron chi connectivity index (χ4n) is 3.17. The highest BCUT2D eigenvalue weighted by atomic mass is 16.1. The summed E-state index contributed by atoms with van der Waals surface area (Å²) in [6.07, 6.45) is 2.14. The SMILES string of the molecule is CC1=C(C)C2(C)CC(C)(C2)C1=O. The average molecular weight is 164 g/mol. The van der Waals surface area contributed by atoms with Gasteiger partial charge in [0.15, 0.2) is 5.78 Å². The standard InChI is InChI=1S/C11H16O/c1-7-8(2)10(3)5-11(4,6-10)9(7)12/h5-6H2,1-4H3. The Labute approximate surface area is 73.8 Å². The molecule has 0 aromatic carbocycles. The highest BCUT2D eigenvalue weighted by Crippen LogP contribution is 2.63. The minimum Gasteiger partial charge on any atom is -0.294 e. The van der Waals surface area contributed by atoms with E-state index in [4.69, 9.17) is 0 Å². The first-order valence-corrected chi connectivity index (χ1v) is 4.62. The number of fused-ring (bicyclic) bond motifs is 1. The number of allylic oxidation sites excluding steroid dienone is 2. The summed E-state index contributed by atoms with van der Waals surface area (Å²) in [6.45, 7) is 8.48. The molecule has 3 rings (SSSR count). The molecule has 2 bridgehead atoms. The van der Waals surface area contributed by atoms with Crippen LogP contribution < -0.4 is 0 Å². The van der Waals surface area contributed by atoms with Gasteiger partial charge in [0.2, 0.25) is 0 Å². The molecule has 0 saturated heterocycles. The van der Waals surface area contributed by atoms with Crippen molar-refractivity contribution in [1.29, 1.82) is 0 Å². The maximum Gasteiger partial charge on any atom is 0.164 e. The van der Waals surface area contributed by atoms with Gasteiger partial charge in [0.25, 0.3) is 0 Å². The van der Waals surface area contributed by atoms with Crippen LogP contribution in [-0.2, 0) is 4.79 Å². The van der Waals surface area contributed by atoms with Gasteiger partial charge in [-0.15, -0.1) is 0 Å². The van der Waals surface area contributed by atoms with Crippen LogP contribution in [0.2, 0.25) is 0 Å². The van der Waals surface area contributed by atoms with E-state index < -0.39 is 0 Å². The lowest BCUT2D eigenvalue weighted by Gasteiger charge is -2.57. The molecule has 0 unspecified atom stereocenters. The quantitative estimate of drug-likeness (QED) is 0.538. The van der Waals surface area contributed by atoms with Crippen molar-refractivity contribution in [2.24, 2.45) is 10.8 Å². The monoisotopic (exact) mass is 164 g/mol. The van der Waals surface area contributed by atoms with Crippen molar-refractivity contribution in [3.05, 3.63) is 11.1 Å². The van der Waals surface area contributed by atoms with Gasteiger partial charge >= 0.3 is 0 Å². The van der Waals surface area contributed by atoms with Crippen LogP contribution in [0.1, 0.15) is 40.5 Å². The van der Waals surface area contributed by atoms with Crippen molar-refractivity contribution in [3.63, 3.8) is 0 Å². The smallest absolute Gasteiger partial charge is 0.164 e. The number of hydrogen-bond acceptors (Lipinski definition) is 1. The molecule has 0 radical (unpaired) electrons. The van der Waals surface area contributed by atoms with Gasteiger partial charge in [0.05, 0.1) is 0 Å². The van der Waals surface area contributed by atoms with Gasteiger partial charge in [0, 0.05) is 5.41 Å². The van der Waals surface area contributed by atoms with E-state index in [1.807, 2.05) is 6.92 Å². The molecule has 1 saturated carbocycles. The number of rotatable bonds is 0. The summed E-state index contributed by atoms with van der Waals surface area (Å²) in [7, 11) is 0. The van der Waals surface area contributed by atoms with E-state index in [2.05, 4.69) is 20.8 Å². The fraction of sp³-hybridized carbons (Fsp3) is 0.727. The third-order valence-electron chi connectivity index (χ3n) is 3.92.